The molecule has 1 atom stereocenters. The molecule has 1 aliphatic heterocycles. The maximum Gasteiger partial charge on any atom is 0.301 e. The van der Waals surface area contributed by atoms with Crippen LogP contribution < -0.4 is 15.0 Å². The van der Waals surface area contributed by atoms with Gasteiger partial charge in [-0.1, -0.05) is 0 Å². The van der Waals surface area contributed by atoms with Crippen LogP contribution in [0.25, 0.3) is 16.6 Å². The lowest BCUT2D eigenvalue weighted by molar-refractivity contribution is 0.343. The zero-order chi connectivity index (χ0) is 27.0. The Hall–Kier alpha value is -4.48. The molecule has 2 aromatic carbocycles. The highest BCUT2D eigenvalue weighted by atomic mass is 32.2. The van der Waals surface area contributed by atoms with Gasteiger partial charge in [0.2, 0.25) is 5.95 Å². The minimum Gasteiger partial charge on any atom is -0.453 e. The quantitative estimate of drug-likeness (QED) is 0.370. The number of nitrogens with one attached hydrogen (secondary N) is 1. The molecule has 5 rings (SSSR count). The van der Waals surface area contributed by atoms with E-state index in [1.54, 1.807) is 6.07 Å². The number of hydrogen-bond donors (Lipinski definition) is 1. The van der Waals surface area contributed by atoms with Gasteiger partial charge in [0.15, 0.2) is 11.6 Å². The van der Waals surface area contributed by atoms with Crippen LogP contribution in [0.3, 0.4) is 0 Å². The summed E-state index contributed by atoms with van der Waals surface area (Å²) in [5, 5.41) is 9.77. The fraction of sp³-hybridized carbons (Fsp3) is 0.167. The predicted molar refractivity (Wildman–Crippen MR) is 130 cm³/mol. The van der Waals surface area contributed by atoms with E-state index in [0.717, 1.165) is 33.3 Å². The molecule has 1 saturated heterocycles. The number of rotatable bonds is 6. The molecule has 0 saturated carbocycles. The van der Waals surface area contributed by atoms with Gasteiger partial charge in [-0.25, -0.2) is 18.7 Å². The molecular formula is C24H17F3N6O4S. The number of fused-ring (bicyclic) bond motifs is 1. The summed E-state index contributed by atoms with van der Waals surface area (Å²) in [6.45, 7) is -0.377. The normalized spacial score (nSPS) is 15.9. The van der Waals surface area contributed by atoms with Crippen LogP contribution in [-0.2, 0) is 10.2 Å². The lowest BCUT2D eigenvalue weighted by Gasteiger charge is -2.18. The summed E-state index contributed by atoms with van der Waals surface area (Å²) in [7, 11) is -4.22. The zero-order valence-electron chi connectivity index (χ0n) is 19.3. The molecule has 0 amide bonds. The summed E-state index contributed by atoms with van der Waals surface area (Å²) >= 11 is 0. The highest BCUT2D eigenvalue weighted by Gasteiger charge is 2.32. The van der Waals surface area contributed by atoms with Gasteiger partial charge in [-0.3, -0.25) is 14.1 Å². The van der Waals surface area contributed by atoms with Crippen molar-refractivity contribution >= 4 is 26.8 Å². The van der Waals surface area contributed by atoms with Gasteiger partial charge in [0, 0.05) is 13.1 Å². The fourth-order valence-corrected chi connectivity index (χ4v) is 5.22. The fourth-order valence-electron chi connectivity index (χ4n) is 3.94. The molecule has 0 spiro atoms. The van der Waals surface area contributed by atoms with Crippen molar-refractivity contribution in [2.45, 2.75) is 12.6 Å². The van der Waals surface area contributed by atoms with E-state index in [-0.39, 0.29) is 47.5 Å². The Kier molecular flexibility index (Phi) is 6.47. The molecule has 0 aliphatic carbocycles. The van der Waals surface area contributed by atoms with Crippen LogP contribution in [0.2, 0.25) is 0 Å². The van der Waals surface area contributed by atoms with Crippen LogP contribution in [0.5, 0.6) is 11.5 Å². The molecule has 1 N–H and O–H groups in total. The van der Waals surface area contributed by atoms with Crippen LogP contribution in [-0.4, -0.2) is 46.5 Å². The number of nitriles is 1. The largest absolute Gasteiger partial charge is 0.453 e. The summed E-state index contributed by atoms with van der Waals surface area (Å²) in [6, 6.07) is 10.2. The van der Waals surface area contributed by atoms with E-state index < -0.39 is 45.0 Å². The third-order valence-electron chi connectivity index (χ3n) is 5.83. The summed E-state index contributed by atoms with van der Waals surface area (Å²) < 4.78 is 76.6. The van der Waals surface area contributed by atoms with Crippen LogP contribution in [0.1, 0.15) is 12.0 Å². The van der Waals surface area contributed by atoms with E-state index >= 15 is 0 Å². The molecular weight excluding hydrogens is 525 g/mol. The van der Waals surface area contributed by atoms with E-state index in [1.807, 2.05) is 0 Å². The van der Waals surface area contributed by atoms with Crippen molar-refractivity contribution < 1.29 is 26.3 Å². The Morgan fingerprint density at radius 3 is 2.63 bits per heavy atom. The first kappa shape index (κ1) is 25.2. The summed E-state index contributed by atoms with van der Waals surface area (Å²) in [5.74, 6) is -2.31. The second-order valence-electron chi connectivity index (χ2n) is 8.30. The van der Waals surface area contributed by atoms with Gasteiger partial charge in [-0.15, -0.1) is 0 Å². The minimum absolute atomic E-state index is 0.0402. The molecule has 1 fully saturated rings. The molecule has 0 bridgehead atoms. The second-order valence-corrected chi connectivity index (χ2v) is 9.97. The monoisotopic (exact) mass is 542 g/mol. The average molecular weight is 542 g/mol. The topological polar surface area (TPSA) is 130 Å². The van der Waals surface area contributed by atoms with E-state index in [1.165, 1.54) is 30.6 Å². The Bertz CT molecular complexity index is 1760. The molecule has 2 aromatic heterocycles. The van der Waals surface area contributed by atoms with Gasteiger partial charge >= 0.3 is 10.2 Å². The van der Waals surface area contributed by atoms with Crippen molar-refractivity contribution in [3.63, 3.8) is 0 Å². The SMILES string of the molecule is N#Cc1c(NS(=O)(=O)N2CC[C@@H](F)C2)ccc(F)c1Oc1ccc2ncn(-c3ccc(F)nc3)c(=O)c2c1. The Morgan fingerprint density at radius 2 is 1.95 bits per heavy atom. The summed E-state index contributed by atoms with van der Waals surface area (Å²) in [5.41, 5.74) is -0.724. The molecule has 14 heteroatoms. The molecule has 4 aromatic rings. The van der Waals surface area contributed by atoms with Crippen molar-refractivity contribution in [1.29, 1.82) is 5.26 Å². The average Bonchev–Trinajstić information content (AvgIpc) is 3.34. The van der Waals surface area contributed by atoms with E-state index in [9.17, 15) is 31.6 Å². The number of anilines is 1. The Balaban J connectivity index is 1.51. The number of halogens is 3. The lowest BCUT2D eigenvalue weighted by atomic mass is 10.1. The number of alkyl halides is 1. The third kappa shape index (κ3) is 4.76. The van der Waals surface area contributed by atoms with E-state index in [0.29, 0.717) is 0 Å². The molecule has 0 radical (unpaired) electrons. The van der Waals surface area contributed by atoms with Crippen molar-refractivity contribution in [1.82, 2.24) is 18.8 Å². The number of ether oxygens (including phenoxy) is 1. The number of pyridine rings is 1. The molecule has 38 heavy (non-hydrogen) atoms. The minimum atomic E-state index is -4.22. The van der Waals surface area contributed by atoms with Gasteiger partial charge in [0.25, 0.3) is 5.56 Å². The number of hydrogen-bond acceptors (Lipinski definition) is 7. The van der Waals surface area contributed by atoms with Crippen molar-refractivity contribution in [2.24, 2.45) is 0 Å². The van der Waals surface area contributed by atoms with Gasteiger partial charge in [-0.2, -0.15) is 22.4 Å². The van der Waals surface area contributed by atoms with Crippen molar-refractivity contribution in [3.8, 4) is 23.3 Å². The van der Waals surface area contributed by atoms with Crippen molar-refractivity contribution in [2.75, 3.05) is 17.8 Å². The highest BCUT2D eigenvalue weighted by Crippen LogP contribution is 2.34. The Morgan fingerprint density at radius 1 is 1.13 bits per heavy atom. The Labute approximate surface area is 213 Å². The van der Waals surface area contributed by atoms with Crippen LogP contribution in [0.15, 0.2) is 59.8 Å². The zero-order valence-corrected chi connectivity index (χ0v) is 20.1. The smallest absolute Gasteiger partial charge is 0.301 e. The summed E-state index contributed by atoms with van der Waals surface area (Å²) in [6.07, 6.45) is 1.14. The van der Waals surface area contributed by atoms with E-state index in [2.05, 4.69) is 14.7 Å². The standard InChI is InChI=1S/C24H17F3N6O4S/c25-14-7-8-32(12-14)38(35,36)31-21-5-3-19(26)23(18(21)10-28)37-16-2-4-20-17(9-16)24(34)33(13-30-20)15-1-6-22(27)29-11-15/h1-6,9,11,13-14,31H,7-8,12H2/t14-/m1/s1. The first-order valence-corrected chi connectivity index (χ1v) is 12.6. The maximum absolute atomic E-state index is 14.8. The maximum atomic E-state index is 14.8. The second kappa shape index (κ2) is 9.77. The van der Waals surface area contributed by atoms with Crippen LogP contribution in [0, 0.1) is 23.1 Å². The van der Waals surface area contributed by atoms with Crippen molar-refractivity contribution in [3.05, 3.63) is 82.7 Å². The van der Waals surface area contributed by atoms with Gasteiger partial charge in [0.05, 0.1) is 28.5 Å². The summed E-state index contributed by atoms with van der Waals surface area (Å²) in [4.78, 5) is 20.8. The van der Waals surface area contributed by atoms with Gasteiger partial charge in [0.1, 0.15) is 29.9 Å². The van der Waals surface area contributed by atoms with Gasteiger partial charge in [-0.05, 0) is 48.9 Å². The predicted octanol–water partition coefficient (Wildman–Crippen LogP) is 3.42. The van der Waals surface area contributed by atoms with Gasteiger partial charge < -0.3 is 4.74 Å². The first-order chi connectivity index (χ1) is 18.2. The number of nitrogens with zero attached hydrogens (tertiary/aromatic N) is 5. The van der Waals surface area contributed by atoms with E-state index in [4.69, 9.17) is 4.74 Å². The molecule has 194 valence electrons. The molecule has 0 unspecified atom stereocenters. The lowest BCUT2D eigenvalue weighted by Crippen LogP contribution is -2.34. The highest BCUT2D eigenvalue weighted by molar-refractivity contribution is 7.90. The van der Waals surface area contributed by atoms with Crippen LogP contribution in [0.4, 0.5) is 18.9 Å². The molecule has 3 heterocycles. The number of benzene rings is 2. The molecule has 10 nitrogen and oxygen atoms in total. The first-order valence-electron chi connectivity index (χ1n) is 11.1. The molecule has 1 aliphatic rings. The number of aromatic nitrogens is 3. The van der Waals surface area contributed by atoms with Crippen LogP contribution >= 0.6 is 0 Å². The third-order valence-corrected chi connectivity index (χ3v) is 7.32.